The number of hydrogen-bond donors (Lipinski definition) is 1. The fraction of sp³-hybridized carbons (Fsp3) is 0.346. The predicted molar refractivity (Wildman–Crippen MR) is 126 cm³/mol. The SMILES string of the molecule is CCCCc1ccc(NC(=O)C2CCN(c3ncc(-c4ccccc4)cn3)CC2)cc1. The predicted octanol–water partition coefficient (Wildman–Crippen LogP) is 5.34. The summed E-state index contributed by atoms with van der Waals surface area (Å²) in [6, 6.07) is 18.4. The smallest absolute Gasteiger partial charge is 0.227 e. The molecule has 1 aliphatic rings. The first-order valence-corrected chi connectivity index (χ1v) is 11.2. The number of carbonyl (C=O) groups excluding carboxylic acids is 1. The van der Waals surface area contributed by atoms with Crippen LogP contribution in [0.25, 0.3) is 11.1 Å². The van der Waals surface area contributed by atoms with Gasteiger partial charge in [0, 0.05) is 42.7 Å². The highest BCUT2D eigenvalue weighted by Gasteiger charge is 2.26. The number of carbonyl (C=O) groups is 1. The molecule has 1 amide bonds. The second-order valence-electron chi connectivity index (χ2n) is 8.19. The van der Waals surface area contributed by atoms with E-state index in [-0.39, 0.29) is 11.8 Å². The van der Waals surface area contributed by atoms with Crippen LogP contribution in [0.1, 0.15) is 38.2 Å². The van der Waals surface area contributed by atoms with E-state index in [4.69, 9.17) is 0 Å². The molecule has 1 fully saturated rings. The van der Waals surface area contributed by atoms with E-state index >= 15 is 0 Å². The lowest BCUT2D eigenvalue weighted by molar-refractivity contribution is -0.120. The van der Waals surface area contributed by atoms with Crippen LogP contribution in [0.5, 0.6) is 0 Å². The third-order valence-corrected chi connectivity index (χ3v) is 5.93. The van der Waals surface area contributed by atoms with Gasteiger partial charge in [-0.1, -0.05) is 55.8 Å². The number of piperidine rings is 1. The summed E-state index contributed by atoms with van der Waals surface area (Å²) in [5.74, 6) is 0.877. The lowest BCUT2D eigenvalue weighted by Crippen LogP contribution is -2.39. The molecule has 0 aliphatic carbocycles. The second kappa shape index (κ2) is 10.2. The van der Waals surface area contributed by atoms with Crippen LogP contribution in [-0.4, -0.2) is 29.0 Å². The summed E-state index contributed by atoms with van der Waals surface area (Å²) in [6.07, 6.45) is 8.86. The van der Waals surface area contributed by atoms with Crippen LogP contribution in [0, 0.1) is 5.92 Å². The number of hydrogen-bond acceptors (Lipinski definition) is 4. The average molecular weight is 415 g/mol. The molecule has 2 aromatic carbocycles. The number of anilines is 2. The summed E-state index contributed by atoms with van der Waals surface area (Å²) in [5.41, 5.74) is 4.33. The molecule has 1 aromatic heterocycles. The standard InChI is InChI=1S/C26H30N4O/c1-2-3-7-20-10-12-24(13-11-20)29-25(31)22-14-16-30(17-15-22)26-27-18-23(19-28-26)21-8-5-4-6-9-21/h4-6,8-13,18-19,22H,2-3,7,14-17H2,1H3,(H,29,31). The van der Waals surface area contributed by atoms with E-state index in [2.05, 4.69) is 51.4 Å². The number of aryl methyl sites for hydroxylation is 1. The van der Waals surface area contributed by atoms with Crippen molar-refractivity contribution in [3.8, 4) is 11.1 Å². The molecule has 3 aromatic rings. The lowest BCUT2D eigenvalue weighted by atomic mass is 9.96. The van der Waals surface area contributed by atoms with Gasteiger partial charge in [-0.25, -0.2) is 9.97 Å². The quantitative estimate of drug-likeness (QED) is 0.567. The van der Waals surface area contributed by atoms with Crippen LogP contribution in [0.15, 0.2) is 67.0 Å². The van der Waals surface area contributed by atoms with Crippen molar-refractivity contribution in [2.75, 3.05) is 23.3 Å². The van der Waals surface area contributed by atoms with Crippen LogP contribution >= 0.6 is 0 Å². The fourth-order valence-electron chi connectivity index (χ4n) is 3.99. The van der Waals surface area contributed by atoms with Crippen molar-refractivity contribution in [3.05, 3.63) is 72.6 Å². The monoisotopic (exact) mass is 414 g/mol. The number of amides is 1. The Bertz CT molecular complexity index is 963. The summed E-state index contributed by atoms with van der Waals surface area (Å²) < 4.78 is 0. The van der Waals surface area contributed by atoms with E-state index in [9.17, 15) is 4.79 Å². The van der Waals surface area contributed by atoms with E-state index < -0.39 is 0 Å². The first kappa shape index (κ1) is 21.0. The van der Waals surface area contributed by atoms with Gasteiger partial charge in [0.1, 0.15) is 0 Å². The third kappa shape index (κ3) is 5.48. The van der Waals surface area contributed by atoms with Gasteiger partial charge in [0.05, 0.1) is 0 Å². The van der Waals surface area contributed by atoms with Gasteiger partial charge in [-0.3, -0.25) is 4.79 Å². The Kier molecular flexibility index (Phi) is 6.92. The highest BCUT2D eigenvalue weighted by molar-refractivity contribution is 5.92. The molecular formula is C26H30N4O. The van der Waals surface area contributed by atoms with E-state index in [1.165, 1.54) is 18.4 Å². The number of rotatable bonds is 7. The Balaban J connectivity index is 1.28. The van der Waals surface area contributed by atoms with Gasteiger partial charge < -0.3 is 10.2 Å². The molecule has 1 saturated heterocycles. The summed E-state index contributed by atoms with van der Waals surface area (Å²) >= 11 is 0. The summed E-state index contributed by atoms with van der Waals surface area (Å²) in [6.45, 7) is 3.78. The lowest BCUT2D eigenvalue weighted by Gasteiger charge is -2.31. The van der Waals surface area contributed by atoms with Crippen molar-refractivity contribution in [2.24, 2.45) is 5.92 Å². The molecule has 2 heterocycles. The van der Waals surface area contributed by atoms with Gasteiger partial charge in [0.15, 0.2) is 0 Å². The Morgan fingerprint density at radius 2 is 1.65 bits per heavy atom. The molecule has 0 unspecified atom stereocenters. The van der Waals surface area contributed by atoms with Crippen molar-refractivity contribution >= 4 is 17.5 Å². The van der Waals surface area contributed by atoms with Gasteiger partial charge in [-0.2, -0.15) is 0 Å². The summed E-state index contributed by atoms with van der Waals surface area (Å²) in [5, 5.41) is 3.09. The number of aromatic nitrogens is 2. The highest BCUT2D eigenvalue weighted by atomic mass is 16.1. The zero-order valence-electron chi connectivity index (χ0n) is 18.1. The number of benzene rings is 2. The van der Waals surface area contributed by atoms with Gasteiger partial charge in [0.25, 0.3) is 0 Å². The Labute approximate surface area is 184 Å². The Hall–Kier alpha value is -3.21. The van der Waals surface area contributed by atoms with Crippen molar-refractivity contribution in [3.63, 3.8) is 0 Å². The van der Waals surface area contributed by atoms with Crippen LogP contribution in [0.3, 0.4) is 0 Å². The molecule has 160 valence electrons. The first-order chi connectivity index (χ1) is 15.2. The molecule has 5 heteroatoms. The molecule has 1 aliphatic heterocycles. The maximum Gasteiger partial charge on any atom is 0.227 e. The highest BCUT2D eigenvalue weighted by Crippen LogP contribution is 2.24. The average Bonchev–Trinajstić information content (AvgIpc) is 2.84. The molecule has 4 rings (SSSR count). The topological polar surface area (TPSA) is 58.1 Å². The minimum Gasteiger partial charge on any atom is -0.341 e. The summed E-state index contributed by atoms with van der Waals surface area (Å²) in [4.78, 5) is 24.0. The maximum atomic E-state index is 12.7. The molecule has 0 bridgehead atoms. The van der Waals surface area contributed by atoms with Crippen molar-refractivity contribution in [2.45, 2.75) is 39.0 Å². The largest absolute Gasteiger partial charge is 0.341 e. The first-order valence-electron chi connectivity index (χ1n) is 11.2. The zero-order valence-corrected chi connectivity index (χ0v) is 18.1. The molecule has 0 atom stereocenters. The van der Waals surface area contributed by atoms with Gasteiger partial charge in [-0.15, -0.1) is 0 Å². The van der Waals surface area contributed by atoms with Crippen LogP contribution in [0.2, 0.25) is 0 Å². The number of unbranched alkanes of at least 4 members (excludes halogenated alkanes) is 1. The molecule has 1 N–H and O–H groups in total. The molecule has 5 nitrogen and oxygen atoms in total. The van der Waals surface area contributed by atoms with Crippen LogP contribution in [-0.2, 0) is 11.2 Å². The normalized spacial score (nSPS) is 14.4. The molecular weight excluding hydrogens is 384 g/mol. The molecule has 0 saturated carbocycles. The van der Waals surface area contributed by atoms with Crippen LogP contribution < -0.4 is 10.2 Å². The minimum atomic E-state index is 0.0274. The number of nitrogens with one attached hydrogen (secondary N) is 1. The third-order valence-electron chi connectivity index (χ3n) is 5.93. The maximum absolute atomic E-state index is 12.7. The van der Waals surface area contributed by atoms with Gasteiger partial charge in [-0.05, 0) is 48.9 Å². The second-order valence-corrected chi connectivity index (χ2v) is 8.19. The Morgan fingerprint density at radius 1 is 0.968 bits per heavy atom. The van der Waals surface area contributed by atoms with Crippen molar-refractivity contribution < 1.29 is 4.79 Å². The zero-order chi connectivity index (χ0) is 21.5. The van der Waals surface area contributed by atoms with E-state index in [0.717, 1.165) is 55.1 Å². The molecule has 0 spiro atoms. The van der Waals surface area contributed by atoms with Gasteiger partial charge >= 0.3 is 0 Å². The minimum absolute atomic E-state index is 0.0274. The van der Waals surface area contributed by atoms with E-state index in [1.54, 1.807) is 0 Å². The fourth-order valence-corrected chi connectivity index (χ4v) is 3.99. The summed E-state index contributed by atoms with van der Waals surface area (Å²) in [7, 11) is 0. The van der Waals surface area contributed by atoms with Crippen molar-refractivity contribution in [1.29, 1.82) is 0 Å². The van der Waals surface area contributed by atoms with Crippen molar-refractivity contribution in [1.82, 2.24) is 9.97 Å². The number of nitrogens with zero attached hydrogens (tertiary/aromatic N) is 3. The Morgan fingerprint density at radius 3 is 2.29 bits per heavy atom. The molecule has 31 heavy (non-hydrogen) atoms. The van der Waals surface area contributed by atoms with E-state index in [0.29, 0.717) is 0 Å². The molecule has 0 radical (unpaired) electrons. The van der Waals surface area contributed by atoms with E-state index in [1.807, 2.05) is 42.7 Å². The van der Waals surface area contributed by atoms with Gasteiger partial charge in [0.2, 0.25) is 11.9 Å². The van der Waals surface area contributed by atoms with Crippen LogP contribution in [0.4, 0.5) is 11.6 Å².